The highest BCUT2D eigenvalue weighted by atomic mass is 16.8. The summed E-state index contributed by atoms with van der Waals surface area (Å²) in [6.45, 7) is 7.44. The van der Waals surface area contributed by atoms with Crippen molar-refractivity contribution in [1.29, 1.82) is 0 Å². The number of esters is 2. The van der Waals surface area contributed by atoms with E-state index in [1.54, 1.807) is 12.2 Å². The Hall–Kier alpha value is -2.52. The fraction of sp³-hybridized carbons (Fsp3) is 0.500. The molecule has 1 unspecified atom stereocenters. The topological polar surface area (TPSA) is 89.5 Å². The molecule has 0 aromatic heterocycles. The molecule has 0 amide bonds. The second kappa shape index (κ2) is 11.9. The smallest absolute Gasteiger partial charge is 0.306 e. The number of carbonyl (C=O) groups is 2. The normalized spacial score (nSPS) is 29.4. The van der Waals surface area contributed by atoms with Gasteiger partial charge in [-0.1, -0.05) is 42.5 Å². The van der Waals surface area contributed by atoms with Crippen molar-refractivity contribution in [2.75, 3.05) is 13.7 Å². The lowest BCUT2D eigenvalue weighted by molar-refractivity contribution is -0.359. The van der Waals surface area contributed by atoms with Crippen LogP contribution in [0.3, 0.4) is 0 Å². The number of fused-ring (bicyclic) bond motifs is 1. The fourth-order valence-corrected chi connectivity index (χ4v) is 3.64. The number of carbonyl (C=O) groups excluding carboxylic acids is 2. The molecule has 174 valence electrons. The molecule has 0 spiro atoms. The van der Waals surface area contributed by atoms with Crippen LogP contribution in [0.15, 0.2) is 55.6 Å². The van der Waals surface area contributed by atoms with E-state index < -0.39 is 48.9 Å². The van der Waals surface area contributed by atoms with Gasteiger partial charge in [0.15, 0.2) is 24.8 Å². The minimum absolute atomic E-state index is 0.137. The molecule has 1 aromatic carbocycles. The van der Waals surface area contributed by atoms with E-state index in [1.807, 2.05) is 30.3 Å². The van der Waals surface area contributed by atoms with Crippen molar-refractivity contribution in [3.63, 3.8) is 0 Å². The average Bonchev–Trinajstić information content (AvgIpc) is 2.82. The van der Waals surface area contributed by atoms with Crippen LogP contribution >= 0.6 is 0 Å². The zero-order valence-corrected chi connectivity index (χ0v) is 18.2. The number of methoxy groups -OCH3 is 1. The highest BCUT2D eigenvalue weighted by Crippen LogP contribution is 2.36. The van der Waals surface area contributed by atoms with E-state index in [4.69, 9.17) is 28.4 Å². The second-order valence-electron chi connectivity index (χ2n) is 7.52. The van der Waals surface area contributed by atoms with Crippen LogP contribution in [-0.4, -0.2) is 56.4 Å². The van der Waals surface area contributed by atoms with Gasteiger partial charge in [-0.15, -0.1) is 13.2 Å². The summed E-state index contributed by atoms with van der Waals surface area (Å²) in [7, 11) is 1.43. The van der Waals surface area contributed by atoms with Crippen molar-refractivity contribution in [2.45, 2.75) is 62.7 Å². The Kier molecular flexibility index (Phi) is 8.99. The van der Waals surface area contributed by atoms with Gasteiger partial charge >= 0.3 is 11.9 Å². The Morgan fingerprint density at radius 2 is 1.62 bits per heavy atom. The van der Waals surface area contributed by atoms with E-state index in [0.717, 1.165) is 5.56 Å². The van der Waals surface area contributed by atoms with Gasteiger partial charge < -0.3 is 28.4 Å². The molecule has 2 fully saturated rings. The van der Waals surface area contributed by atoms with E-state index >= 15 is 0 Å². The minimum Gasteiger partial charge on any atom is -0.455 e. The van der Waals surface area contributed by atoms with E-state index in [9.17, 15) is 9.59 Å². The zero-order chi connectivity index (χ0) is 22.9. The molecular formula is C24H30O8. The summed E-state index contributed by atoms with van der Waals surface area (Å²) in [5, 5.41) is 0. The van der Waals surface area contributed by atoms with Crippen LogP contribution in [0.25, 0.3) is 0 Å². The molecule has 8 nitrogen and oxygen atoms in total. The zero-order valence-electron chi connectivity index (χ0n) is 18.2. The van der Waals surface area contributed by atoms with E-state index in [-0.39, 0.29) is 19.4 Å². The maximum Gasteiger partial charge on any atom is 0.306 e. The summed E-state index contributed by atoms with van der Waals surface area (Å²) in [6.07, 6.45) is -0.372. The molecule has 8 heteroatoms. The third-order valence-corrected chi connectivity index (χ3v) is 5.23. The first-order valence-electron chi connectivity index (χ1n) is 10.7. The van der Waals surface area contributed by atoms with Gasteiger partial charge in [0.2, 0.25) is 0 Å². The van der Waals surface area contributed by atoms with Crippen molar-refractivity contribution in [2.24, 2.45) is 0 Å². The highest BCUT2D eigenvalue weighted by molar-refractivity contribution is 5.71. The lowest BCUT2D eigenvalue weighted by atomic mass is 9.97. The van der Waals surface area contributed by atoms with Gasteiger partial charge in [0.05, 0.1) is 6.61 Å². The number of hydrogen-bond acceptors (Lipinski definition) is 8. The highest BCUT2D eigenvalue weighted by Gasteiger charge is 2.53. The van der Waals surface area contributed by atoms with Crippen molar-refractivity contribution >= 4 is 11.9 Å². The first-order valence-corrected chi connectivity index (χ1v) is 10.7. The van der Waals surface area contributed by atoms with E-state index in [2.05, 4.69) is 13.2 Å². The Balaban J connectivity index is 1.84. The number of hydrogen-bond donors (Lipinski definition) is 0. The third kappa shape index (κ3) is 6.04. The maximum absolute atomic E-state index is 12.5. The number of rotatable bonds is 10. The summed E-state index contributed by atoms with van der Waals surface area (Å²) in [4.78, 5) is 24.9. The molecule has 2 saturated heterocycles. The predicted molar refractivity (Wildman–Crippen MR) is 114 cm³/mol. The minimum atomic E-state index is -0.999. The molecular weight excluding hydrogens is 416 g/mol. The monoisotopic (exact) mass is 446 g/mol. The van der Waals surface area contributed by atoms with Crippen LogP contribution in [0.5, 0.6) is 0 Å². The molecule has 32 heavy (non-hydrogen) atoms. The van der Waals surface area contributed by atoms with Crippen LogP contribution in [0.2, 0.25) is 0 Å². The van der Waals surface area contributed by atoms with E-state index in [0.29, 0.717) is 12.8 Å². The SMILES string of the molecule is C=CCCC(=O)O[C@@H]1[C@@H](OC(=O)CCC=C)[C@@H](OC)O[C@@H]2COC(c3ccccc3)O[C@@H]12. The van der Waals surface area contributed by atoms with Gasteiger partial charge in [-0.25, -0.2) is 0 Å². The summed E-state index contributed by atoms with van der Waals surface area (Å²) in [5.41, 5.74) is 0.816. The van der Waals surface area contributed by atoms with Crippen molar-refractivity contribution in [3.05, 3.63) is 61.2 Å². The average molecular weight is 446 g/mol. The summed E-state index contributed by atoms with van der Waals surface area (Å²) >= 11 is 0. The quantitative estimate of drug-likeness (QED) is 0.400. The lowest BCUT2D eigenvalue weighted by Gasteiger charge is -2.47. The van der Waals surface area contributed by atoms with Crippen LogP contribution in [0, 0.1) is 0 Å². The Labute approximate surface area is 188 Å². The van der Waals surface area contributed by atoms with Gasteiger partial charge in [0.25, 0.3) is 0 Å². The fourth-order valence-electron chi connectivity index (χ4n) is 3.64. The van der Waals surface area contributed by atoms with Gasteiger partial charge in [-0.3, -0.25) is 9.59 Å². The van der Waals surface area contributed by atoms with Crippen LogP contribution in [-0.2, 0) is 38.0 Å². The third-order valence-electron chi connectivity index (χ3n) is 5.23. The van der Waals surface area contributed by atoms with Crippen LogP contribution in [0.4, 0.5) is 0 Å². The Bertz CT molecular complexity index is 779. The van der Waals surface area contributed by atoms with Crippen LogP contribution < -0.4 is 0 Å². The Morgan fingerprint density at radius 3 is 2.22 bits per heavy atom. The summed E-state index contributed by atoms with van der Waals surface area (Å²) in [5.74, 6) is -0.929. The van der Waals surface area contributed by atoms with Gasteiger partial charge in [0, 0.05) is 25.5 Å². The number of allylic oxidation sites excluding steroid dienone is 2. The number of ether oxygens (including phenoxy) is 6. The lowest BCUT2D eigenvalue weighted by Crippen LogP contribution is -2.64. The van der Waals surface area contributed by atoms with Gasteiger partial charge in [-0.2, -0.15) is 0 Å². The van der Waals surface area contributed by atoms with Crippen molar-refractivity contribution < 1.29 is 38.0 Å². The molecule has 0 bridgehead atoms. The largest absolute Gasteiger partial charge is 0.455 e. The molecule has 0 radical (unpaired) electrons. The van der Waals surface area contributed by atoms with Crippen LogP contribution in [0.1, 0.15) is 37.5 Å². The molecule has 2 aliphatic heterocycles. The molecule has 0 saturated carbocycles. The molecule has 1 aromatic rings. The Morgan fingerprint density at radius 1 is 1.00 bits per heavy atom. The van der Waals surface area contributed by atoms with Gasteiger partial charge in [-0.05, 0) is 12.8 Å². The van der Waals surface area contributed by atoms with Crippen molar-refractivity contribution in [1.82, 2.24) is 0 Å². The molecule has 0 aliphatic carbocycles. The molecule has 2 heterocycles. The van der Waals surface area contributed by atoms with Crippen molar-refractivity contribution in [3.8, 4) is 0 Å². The molecule has 2 aliphatic rings. The molecule has 3 rings (SSSR count). The van der Waals surface area contributed by atoms with Gasteiger partial charge in [0.1, 0.15) is 12.2 Å². The predicted octanol–water partition coefficient (Wildman–Crippen LogP) is 3.23. The molecule has 6 atom stereocenters. The summed E-state index contributed by atoms with van der Waals surface area (Å²) in [6, 6.07) is 9.41. The first kappa shape index (κ1) is 24.1. The second-order valence-corrected chi connectivity index (χ2v) is 7.52. The summed E-state index contributed by atoms with van der Waals surface area (Å²) < 4.78 is 34.8. The standard InChI is InChI=1S/C24H30O8/c1-4-6-13-18(25)30-21-20-17(15-28-23(32-20)16-11-9-8-10-12-16)29-24(27-3)22(21)31-19(26)14-7-5-2/h4-5,8-12,17,20-24H,1-2,6-7,13-15H2,3H3/t17-,20-,21+,22-,23?,24+/m1/s1. The maximum atomic E-state index is 12.5. The number of benzene rings is 1. The molecule has 0 N–H and O–H groups in total. The van der Waals surface area contributed by atoms with E-state index in [1.165, 1.54) is 7.11 Å². The first-order chi connectivity index (χ1) is 15.6.